The van der Waals surface area contributed by atoms with Crippen molar-refractivity contribution in [2.75, 3.05) is 13.7 Å². The number of hydrogen-bond acceptors (Lipinski definition) is 3. The van der Waals surface area contributed by atoms with E-state index in [1.54, 1.807) is 0 Å². The first-order valence-corrected chi connectivity index (χ1v) is 5.19. The molecular formula is C12H19NO2. The molecule has 0 saturated heterocycles. The largest absolute Gasteiger partial charge is 0.387 e. The van der Waals surface area contributed by atoms with Crippen molar-refractivity contribution < 1.29 is 9.94 Å². The summed E-state index contributed by atoms with van der Waals surface area (Å²) in [4.78, 5) is 4.69. The molecule has 0 spiro atoms. The lowest BCUT2D eigenvalue weighted by Crippen LogP contribution is -2.20. The van der Waals surface area contributed by atoms with Crippen molar-refractivity contribution >= 4 is 0 Å². The maximum atomic E-state index is 9.74. The Hall–Kier alpha value is -0.900. The number of hydrogen-bond donors (Lipinski definition) is 2. The molecule has 84 valence electrons. The van der Waals surface area contributed by atoms with E-state index in [-0.39, 0.29) is 0 Å². The number of benzene rings is 1. The first-order chi connectivity index (χ1) is 7.15. The zero-order chi connectivity index (χ0) is 11.3. The first-order valence-electron chi connectivity index (χ1n) is 5.19. The molecule has 0 bridgehead atoms. The van der Waals surface area contributed by atoms with Gasteiger partial charge in [-0.05, 0) is 17.0 Å². The van der Waals surface area contributed by atoms with Crippen LogP contribution in [0.3, 0.4) is 0 Å². The summed E-state index contributed by atoms with van der Waals surface area (Å²) in [6.07, 6.45) is -0.522. The summed E-state index contributed by atoms with van der Waals surface area (Å²) < 4.78 is 0. The van der Waals surface area contributed by atoms with Gasteiger partial charge in [0.1, 0.15) is 0 Å². The quantitative estimate of drug-likeness (QED) is 0.729. The number of aliphatic hydroxyl groups excluding tert-OH is 1. The van der Waals surface area contributed by atoms with E-state index in [1.807, 2.05) is 12.1 Å². The van der Waals surface area contributed by atoms with E-state index in [0.717, 1.165) is 5.56 Å². The normalized spacial score (nSPS) is 13.1. The van der Waals surface area contributed by atoms with Gasteiger partial charge in [0, 0.05) is 0 Å². The van der Waals surface area contributed by atoms with Gasteiger partial charge in [0.05, 0.1) is 19.8 Å². The van der Waals surface area contributed by atoms with E-state index >= 15 is 0 Å². The first kappa shape index (κ1) is 12.2. The maximum absolute atomic E-state index is 9.74. The maximum Gasteiger partial charge on any atom is 0.0937 e. The SMILES string of the molecule is CONCC(O)c1ccc(C(C)C)cc1. The average Bonchev–Trinajstić information content (AvgIpc) is 2.26. The molecule has 1 aromatic carbocycles. The molecule has 1 rings (SSSR count). The summed E-state index contributed by atoms with van der Waals surface area (Å²) in [6.45, 7) is 4.70. The highest BCUT2D eigenvalue weighted by atomic mass is 16.6. The zero-order valence-corrected chi connectivity index (χ0v) is 9.53. The van der Waals surface area contributed by atoms with Crippen molar-refractivity contribution in [3.05, 3.63) is 35.4 Å². The molecule has 15 heavy (non-hydrogen) atoms. The van der Waals surface area contributed by atoms with E-state index < -0.39 is 6.10 Å². The topological polar surface area (TPSA) is 41.5 Å². The van der Waals surface area contributed by atoms with Gasteiger partial charge < -0.3 is 9.94 Å². The van der Waals surface area contributed by atoms with Gasteiger partial charge in [-0.1, -0.05) is 38.1 Å². The predicted octanol–water partition coefficient (Wildman–Crippen LogP) is 1.99. The highest BCUT2D eigenvalue weighted by Gasteiger charge is 2.07. The van der Waals surface area contributed by atoms with Crippen LogP contribution in [0.15, 0.2) is 24.3 Å². The summed E-state index contributed by atoms with van der Waals surface area (Å²) >= 11 is 0. The summed E-state index contributed by atoms with van der Waals surface area (Å²) in [5.74, 6) is 0.522. The van der Waals surface area contributed by atoms with Crippen molar-refractivity contribution in [2.24, 2.45) is 0 Å². The number of nitrogens with one attached hydrogen (secondary N) is 1. The molecule has 2 N–H and O–H groups in total. The molecule has 0 saturated carbocycles. The summed E-state index contributed by atoms with van der Waals surface area (Å²) in [6, 6.07) is 8.01. The Morgan fingerprint density at radius 2 is 1.73 bits per heavy atom. The van der Waals surface area contributed by atoms with Crippen molar-refractivity contribution in [3.8, 4) is 0 Å². The van der Waals surface area contributed by atoms with E-state index in [2.05, 4.69) is 36.3 Å². The van der Waals surface area contributed by atoms with Crippen LogP contribution in [0.1, 0.15) is 37.0 Å². The second kappa shape index (κ2) is 5.85. The van der Waals surface area contributed by atoms with Crippen molar-refractivity contribution in [1.82, 2.24) is 5.48 Å². The van der Waals surface area contributed by atoms with Crippen molar-refractivity contribution in [1.29, 1.82) is 0 Å². The highest BCUT2D eigenvalue weighted by Crippen LogP contribution is 2.18. The molecule has 0 aliphatic carbocycles. The molecular weight excluding hydrogens is 190 g/mol. The second-order valence-corrected chi connectivity index (χ2v) is 3.89. The zero-order valence-electron chi connectivity index (χ0n) is 9.53. The van der Waals surface area contributed by atoms with Gasteiger partial charge in [-0.15, -0.1) is 0 Å². The molecule has 3 nitrogen and oxygen atoms in total. The molecule has 0 aliphatic heterocycles. The van der Waals surface area contributed by atoms with Gasteiger partial charge in [0.2, 0.25) is 0 Å². The third kappa shape index (κ3) is 3.63. The van der Waals surface area contributed by atoms with Gasteiger partial charge in [0.15, 0.2) is 0 Å². The molecule has 3 heteroatoms. The molecule has 0 amide bonds. The predicted molar refractivity (Wildman–Crippen MR) is 60.5 cm³/mol. The Labute approximate surface area is 91.0 Å². The van der Waals surface area contributed by atoms with Crippen molar-refractivity contribution in [3.63, 3.8) is 0 Å². The van der Waals surface area contributed by atoms with Crippen LogP contribution in [0, 0.1) is 0 Å². The lowest BCUT2D eigenvalue weighted by atomic mass is 10.00. The molecule has 0 aliphatic rings. The van der Waals surface area contributed by atoms with Gasteiger partial charge in [-0.25, -0.2) is 0 Å². The summed E-state index contributed by atoms with van der Waals surface area (Å²) in [5, 5.41) is 9.74. The average molecular weight is 209 g/mol. The van der Waals surface area contributed by atoms with Gasteiger partial charge >= 0.3 is 0 Å². The minimum atomic E-state index is -0.522. The fraction of sp³-hybridized carbons (Fsp3) is 0.500. The molecule has 0 heterocycles. The number of aliphatic hydroxyl groups is 1. The highest BCUT2D eigenvalue weighted by molar-refractivity contribution is 5.26. The minimum Gasteiger partial charge on any atom is -0.387 e. The van der Waals surface area contributed by atoms with Gasteiger partial charge in [-0.3, -0.25) is 0 Å². The van der Waals surface area contributed by atoms with Crippen LogP contribution in [0.5, 0.6) is 0 Å². The smallest absolute Gasteiger partial charge is 0.0937 e. The Morgan fingerprint density at radius 3 is 2.20 bits per heavy atom. The van der Waals surface area contributed by atoms with Crippen LogP contribution >= 0.6 is 0 Å². The minimum absolute atomic E-state index is 0.400. The molecule has 0 aromatic heterocycles. The van der Waals surface area contributed by atoms with E-state index in [4.69, 9.17) is 0 Å². The fourth-order valence-electron chi connectivity index (χ4n) is 1.38. The number of rotatable bonds is 5. The third-order valence-electron chi connectivity index (χ3n) is 2.41. The van der Waals surface area contributed by atoms with Crippen LogP contribution < -0.4 is 5.48 Å². The molecule has 1 aromatic rings. The van der Waals surface area contributed by atoms with E-state index in [0.29, 0.717) is 12.5 Å². The van der Waals surface area contributed by atoms with Gasteiger partial charge in [-0.2, -0.15) is 5.48 Å². The van der Waals surface area contributed by atoms with Gasteiger partial charge in [0.25, 0.3) is 0 Å². The lowest BCUT2D eigenvalue weighted by Gasteiger charge is -2.12. The standard InChI is InChI=1S/C12H19NO2/c1-9(2)10-4-6-11(7-5-10)12(14)8-13-15-3/h4-7,9,12-14H,8H2,1-3H3. The lowest BCUT2D eigenvalue weighted by molar-refractivity contribution is 0.0499. The molecule has 1 unspecified atom stereocenters. The van der Waals surface area contributed by atoms with Crippen molar-refractivity contribution in [2.45, 2.75) is 25.9 Å². The van der Waals surface area contributed by atoms with Crippen LogP contribution in [-0.2, 0) is 4.84 Å². The molecule has 0 radical (unpaired) electrons. The van der Waals surface area contributed by atoms with E-state index in [9.17, 15) is 5.11 Å². The van der Waals surface area contributed by atoms with Crippen LogP contribution in [0.4, 0.5) is 0 Å². The Bertz CT molecular complexity index is 282. The summed E-state index contributed by atoms with van der Waals surface area (Å²) in [7, 11) is 1.54. The van der Waals surface area contributed by atoms with E-state index in [1.165, 1.54) is 12.7 Å². The monoisotopic (exact) mass is 209 g/mol. The van der Waals surface area contributed by atoms with Crippen LogP contribution in [0.2, 0.25) is 0 Å². The van der Waals surface area contributed by atoms with Crippen LogP contribution in [-0.4, -0.2) is 18.8 Å². The Balaban J connectivity index is 2.62. The third-order valence-corrected chi connectivity index (χ3v) is 2.41. The van der Waals surface area contributed by atoms with Crippen LogP contribution in [0.25, 0.3) is 0 Å². The summed E-state index contributed by atoms with van der Waals surface area (Å²) in [5.41, 5.74) is 4.82. The molecule has 1 atom stereocenters. The Kier molecular flexibility index (Phi) is 4.75. The number of hydroxylamine groups is 1. The Morgan fingerprint density at radius 1 is 1.20 bits per heavy atom. The molecule has 0 fully saturated rings. The fourth-order valence-corrected chi connectivity index (χ4v) is 1.38. The second-order valence-electron chi connectivity index (χ2n) is 3.89.